The van der Waals surface area contributed by atoms with Crippen LogP contribution in [0.3, 0.4) is 0 Å². The Kier molecular flexibility index (Phi) is 4.20. The van der Waals surface area contributed by atoms with Crippen LogP contribution < -0.4 is 0 Å². The first kappa shape index (κ1) is 16.2. The van der Waals surface area contributed by atoms with E-state index in [0.717, 1.165) is 48.0 Å². The molecule has 0 N–H and O–H groups in total. The van der Waals surface area contributed by atoms with E-state index in [9.17, 15) is 0 Å². The van der Waals surface area contributed by atoms with Gasteiger partial charge in [-0.15, -0.1) is 0 Å². The number of rotatable bonds is 4. The van der Waals surface area contributed by atoms with Crippen LogP contribution >= 0.6 is 0 Å². The van der Waals surface area contributed by atoms with Gasteiger partial charge in [0, 0.05) is 37.2 Å². The first-order valence-electron chi connectivity index (χ1n) is 9.11. The summed E-state index contributed by atoms with van der Waals surface area (Å²) in [5.74, 6) is 0.977. The first-order valence-corrected chi connectivity index (χ1v) is 9.11. The Bertz CT molecular complexity index is 1030. The molecule has 27 heavy (non-hydrogen) atoms. The van der Waals surface area contributed by atoms with Gasteiger partial charge in [-0.2, -0.15) is 0 Å². The lowest BCUT2D eigenvalue weighted by Crippen LogP contribution is -2.37. The molecule has 1 aliphatic rings. The molecule has 1 aliphatic heterocycles. The van der Waals surface area contributed by atoms with Crippen molar-refractivity contribution in [2.45, 2.75) is 12.6 Å². The van der Waals surface area contributed by atoms with Crippen molar-refractivity contribution in [1.29, 1.82) is 0 Å². The molecule has 6 heteroatoms. The van der Waals surface area contributed by atoms with Crippen molar-refractivity contribution in [3.63, 3.8) is 0 Å². The summed E-state index contributed by atoms with van der Waals surface area (Å²) < 4.78 is 13.6. The molecule has 6 nitrogen and oxygen atoms in total. The van der Waals surface area contributed by atoms with Crippen LogP contribution in [0.25, 0.3) is 16.9 Å². The van der Waals surface area contributed by atoms with Crippen molar-refractivity contribution in [2.24, 2.45) is 0 Å². The van der Waals surface area contributed by atoms with Crippen molar-refractivity contribution in [3.8, 4) is 11.3 Å². The van der Waals surface area contributed by atoms with Gasteiger partial charge in [0.2, 0.25) is 0 Å². The molecule has 0 bridgehead atoms. The molecule has 0 radical (unpaired) electrons. The maximum absolute atomic E-state index is 6.03. The largest absolute Gasteiger partial charge is 0.468 e. The molecular weight excluding hydrogens is 340 g/mol. The van der Waals surface area contributed by atoms with Crippen molar-refractivity contribution >= 4 is 5.65 Å². The minimum atomic E-state index is -0.0427. The van der Waals surface area contributed by atoms with E-state index < -0.39 is 0 Å². The lowest BCUT2D eigenvalue weighted by molar-refractivity contribution is -0.0364. The molecule has 1 fully saturated rings. The Labute approximate surface area is 157 Å². The molecule has 136 valence electrons. The van der Waals surface area contributed by atoms with E-state index in [1.54, 1.807) is 6.26 Å². The predicted octanol–water partition coefficient (Wildman–Crippen LogP) is 3.56. The lowest BCUT2D eigenvalue weighted by Gasteiger charge is -2.31. The Hall–Kier alpha value is -2.96. The van der Waals surface area contributed by atoms with E-state index in [2.05, 4.69) is 26.5 Å². The molecule has 4 aromatic rings. The number of furan rings is 1. The van der Waals surface area contributed by atoms with Crippen LogP contribution in [-0.4, -0.2) is 39.0 Å². The Morgan fingerprint density at radius 1 is 1.07 bits per heavy atom. The van der Waals surface area contributed by atoms with Gasteiger partial charge in [-0.25, -0.2) is 4.98 Å². The van der Waals surface area contributed by atoms with Crippen LogP contribution in [0.2, 0.25) is 0 Å². The van der Waals surface area contributed by atoms with Crippen LogP contribution in [-0.2, 0) is 11.3 Å². The first-order chi connectivity index (χ1) is 13.4. The molecule has 0 spiro atoms. The van der Waals surface area contributed by atoms with E-state index in [0.29, 0.717) is 6.61 Å². The fraction of sp³-hybridized carbons (Fsp3) is 0.238. The molecule has 0 aromatic carbocycles. The summed E-state index contributed by atoms with van der Waals surface area (Å²) in [5.41, 5.74) is 4.09. The summed E-state index contributed by atoms with van der Waals surface area (Å²) in [7, 11) is 0. The summed E-state index contributed by atoms with van der Waals surface area (Å²) in [5, 5.41) is 0. The highest BCUT2D eigenvalue weighted by Gasteiger charge is 2.25. The van der Waals surface area contributed by atoms with Crippen molar-refractivity contribution in [1.82, 2.24) is 19.3 Å². The van der Waals surface area contributed by atoms with E-state index in [1.165, 1.54) is 0 Å². The number of aromatic nitrogens is 3. The van der Waals surface area contributed by atoms with E-state index in [4.69, 9.17) is 14.1 Å². The predicted molar refractivity (Wildman–Crippen MR) is 101 cm³/mol. The van der Waals surface area contributed by atoms with Crippen LogP contribution in [0.4, 0.5) is 0 Å². The maximum atomic E-state index is 6.03. The van der Waals surface area contributed by atoms with Gasteiger partial charge in [0.25, 0.3) is 0 Å². The molecule has 0 unspecified atom stereocenters. The van der Waals surface area contributed by atoms with Gasteiger partial charge in [-0.3, -0.25) is 14.3 Å². The number of hydrogen-bond acceptors (Lipinski definition) is 5. The highest BCUT2D eigenvalue weighted by Crippen LogP contribution is 2.26. The van der Waals surface area contributed by atoms with Gasteiger partial charge < -0.3 is 9.15 Å². The summed E-state index contributed by atoms with van der Waals surface area (Å²) >= 11 is 0. The average molecular weight is 360 g/mol. The molecule has 0 amide bonds. The minimum Gasteiger partial charge on any atom is -0.468 e. The van der Waals surface area contributed by atoms with E-state index in [1.807, 2.05) is 48.8 Å². The number of ether oxygens (including phenoxy) is 1. The molecular formula is C21H20N4O2. The smallest absolute Gasteiger partial charge is 0.137 e. The minimum absolute atomic E-state index is 0.0427. The van der Waals surface area contributed by atoms with Gasteiger partial charge in [0.05, 0.1) is 30.8 Å². The second kappa shape index (κ2) is 6.98. The highest BCUT2D eigenvalue weighted by molar-refractivity contribution is 5.63. The summed E-state index contributed by atoms with van der Waals surface area (Å²) in [4.78, 5) is 11.3. The molecule has 5 heterocycles. The molecule has 5 rings (SSSR count). The fourth-order valence-corrected chi connectivity index (χ4v) is 3.59. The van der Waals surface area contributed by atoms with Crippen molar-refractivity contribution in [3.05, 3.63) is 78.8 Å². The van der Waals surface area contributed by atoms with Crippen molar-refractivity contribution < 1.29 is 9.15 Å². The van der Waals surface area contributed by atoms with E-state index >= 15 is 0 Å². The normalized spacial score (nSPS) is 18.1. The van der Waals surface area contributed by atoms with Gasteiger partial charge >= 0.3 is 0 Å². The third-order valence-electron chi connectivity index (χ3n) is 4.93. The van der Waals surface area contributed by atoms with Crippen LogP contribution in [0, 0.1) is 0 Å². The molecule has 0 aliphatic carbocycles. The van der Waals surface area contributed by atoms with Gasteiger partial charge in [-0.05, 0) is 36.4 Å². The summed E-state index contributed by atoms with van der Waals surface area (Å²) in [6, 6.07) is 14.1. The standard InChI is InChI=1S/C21H20N4O2/c1-4-19(16-6-8-22-9-7-16)25-14-18(23-21(25)5-1)20-15-24(10-12-27-20)13-17-3-2-11-26-17/h1-9,11,14,20H,10,12-13,15H2/t20-/m0/s1. The third-order valence-corrected chi connectivity index (χ3v) is 4.93. The van der Waals surface area contributed by atoms with Crippen LogP contribution in [0.15, 0.2) is 71.7 Å². The number of hydrogen-bond donors (Lipinski definition) is 0. The molecule has 0 saturated carbocycles. The fourth-order valence-electron chi connectivity index (χ4n) is 3.59. The zero-order valence-electron chi connectivity index (χ0n) is 14.9. The molecule has 1 saturated heterocycles. The lowest BCUT2D eigenvalue weighted by atomic mass is 10.2. The van der Waals surface area contributed by atoms with Crippen molar-refractivity contribution in [2.75, 3.05) is 19.7 Å². The zero-order valence-corrected chi connectivity index (χ0v) is 14.9. The number of pyridine rings is 2. The van der Waals surface area contributed by atoms with Crippen LogP contribution in [0.1, 0.15) is 17.6 Å². The SMILES string of the molecule is c1coc(CN2CCO[C@H](c3cn4c(-c5ccncc5)cccc4n3)C2)c1. The zero-order chi connectivity index (χ0) is 18.1. The highest BCUT2D eigenvalue weighted by atomic mass is 16.5. The quantitative estimate of drug-likeness (QED) is 0.557. The van der Waals surface area contributed by atoms with Gasteiger partial charge in [0.1, 0.15) is 17.5 Å². The third kappa shape index (κ3) is 3.25. The Morgan fingerprint density at radius 2 is 2.00 bits per heavy atom. The maximum Gasteiger partial charge on any atom is 0.137 e. The summed E-state index contributed by atoms with van der Waals surface area (Å²) in [6.45, 7) is 3.18. The number of imidazole rings is 1. The second-order valence-corrected chi connectivity index (χ2v) is 6.71. The number of morpholine rings is 1. The molecule has 1 atom stereocenters. The average Bonchev–Trinajstić information content (AvgIpc) is 3.38. The summed E-state index contributed by atoms with van der Waals surface area (Å²) in [6.07, 6.45) is 7.38. The van der Waals surface area contributed by atoms with E-state index in [-0.39, 0.29) is 6.10 Å². The topological polar surface area (TPSA) is 55.8 Å². The monoisotopic (exact) mass is 360 g/mol. The Balaban J connectivity index is 1.43. The molecule has 4 aromatic heterocycles. The van der Waals surface area contributed by atoms with Gasteiger partial charge in [0.15, 0.2) is 0 Å². The van der Waals surface area contributed by atoms with Gasteiger partial charge in [-0.1, -0.05) is 6.07 Å². The number of nitrogens with zero attached hydrogens (tertiary/aromatic N) is 4. The Morgan fingerprint density at radius 3 is 2.85 bits per heavy atom. The second-order valence-electron chi connectivity index (χ2n) is 6.71. The number of fused-ring (bicyclic) bond motifs is 1. The van der Waals surface area contributed by atoms with Crippen LogP contribution in [0.5, 0.6) is 0 Å².